The van der Waals surface area contributed by atoms with E-state index in [0.29, 0.717) is 5.02 Å². The van der Waals surface area contributed by atoms with Gasteiger partial charge in [0.05, 0.1) is 27.2 Å². The molecule has 0 radical (unpaired) electrons. The molecule has 2 heterocycles. The Balaban J connectivity index is 1.87. The van der Waals surface area contributed by atoms with Crippen LogP contribution in [0.2, 0.25) is 5.02 Å². The minimum atomic E-state index is 0.0424. The highest BCUT2D eigenvalue weighted by molar-refractivity contribution is 8.14. The predicted molar refractivity (Wildman–Crippen MR) is 98.9 cm³/mol. The van der Waals surface area contributed by atoms with Crippen LogP contribution in [0.15, 0.2) is 59.7 Å². The molecule has 1 aliphatic heterocycles. The van der Waals surface area contributed by atoms with Gasteiger partial charge in [0.1, 0.15) is 5.75 Å². The van der Waals surface area contributed by atoms with Crippen LogP contribution < -0.4 is 0 Å². The number of aliphatic imine (C=N–C) groups is 1. The lowest BCUT2D eigenvalue weighted by atomic mass is 10.1. The number of phenols is 1. The lowest BCUT2D eigenvalue weighted by molar-refractivity contribution is 0.474. The molecule has 0 aliphatic carbocycles. The van der Waals surface area contributed by atoms with E-state index in [1.807, 2.05) is 49.5 Å². The van der Waals surface area contributed by atoms with Gasteiger partial charge in [0.2, 0.25) is 0 Å². The molecule has 0 unspecified atom stereocenters. The van der Waals surface area contributed by atoms with Crippen molar-refractivity contribution in [3.05, 3.63) is 70.9 Å². The lowest BCUT2D eigenvalue weighted by Gasteiger charge is -2.21. The second-order valence-electron chi connectivity index (χ2n) is 5.51. The van der Waals surface area contributed by atoms with E-state index in [4.69, 9.17) is 11.6 Å². The van der Waals surface area contributed by atoms with Gasteiger partial charge in [-0.2, -0.15) is 5.10 Å². The average molecular weight is 356 g/mol. The molecule has 1 atom stereocenters. The van der Waals surface area contributed by atoms with Gasteiger partial charge < -0.3 is 5.11 Å². The third-order valence-corrected chi connectivity index (χ3v) is 5.37. The number of nitrogens with zero attached hydrogens (tertiary/aromatic N) is 3. The zero-order valence-corrected chi connectivity index (χ0v) is 14.4. The van der Waals surface area contributed by atoms with Crippen molar-refractivity contribution < 1.29 is 5.11 Å². The fourth-order valence-corrected chi connectivity index (χ4v) is 4.07. The first-order valence-corrected chi connectivity index (χ1v) is 8.73. The van der Waals surface area contributed by atoms with Gasteiger partial charge in [0, 0.05) is 5.56 Å². The number of benzene rings is 2. The molecule has 4 rings (SSSR count). The van der Waals surface area contributed by atoms with Crippen molar-refractivity contribution in [1.82, 2.24) is 9.78 Å². The highest BCUT2D eigenvalue weighted by Gasteiger charge is 2.28. The summed E-state index contributed by atoms with van der Waals surface area (Å²) in [4.78, 5) is 4.68. The summed E-state index contributed by atoms with van der Waals surface area (Å²) in [6.07, 6.45) is 1.83. The minimum Gasteiger partial charge on any atom is -0.508 e. The smallest absolute Gasteiger partial charge is 0.161 e. The topological polar surface area (TPSA) is 50.4 Å². The molecule has 0 saturated heterocycles. The van der Waals surface area contributed by atoms with E-state index in [9.17, 15) is 5.11 Å². The largest absolute Gasteiger partial charge is 0.508 e. The van der Waals surface area contributed by atoms with Crippen molar-refractivity contribution in [3.63, 3.8) is 0 Å². The number of hydrogen-bond acceptors (Lipinski definition) is 4. The number of aromatic nitrogens is 2. The van der Waals surface area contributed by atoms with Gasteiger partial charge >= 0.3 is 0 Å². The fourth-order valence-electron chi connectivity index (χ4n) is 2.80. The molecule has 24 heavy (non-hydrogen) atoms. The van der Waals surface area contributed by atoms with Crippen molar-refractivity contribution >= 4 is 34.2 Å². The number of phenolic OH excluding ortho intramolecular Hbond substituents is 1. The standard InChI is InChI=1S/C18H14ClN3OS/c1-11-21-18-14(17(24-11)12-5-4-6-13(23)9-12)10-20-22(18)16-8-3-2-7-15(16)19/h2-10,17,23H,1H3/t17-/m0/s1. The molecule has 1 N–H and O–H groups in total. The second kappa shape index (κ2) is 6.00. The molecule has 0 fully saturated rings. The summed E-state index contributed by atoms with van der Waals surface area (Å²) in [7, 11) is 0. The molecule has 0 saturated carbocycles. The van der Waals surface area contributed by atoms with Crippen LogP contribution in [0.1, 0.15) is 23.3 Å². The lowest BCUT2D eigenvalue weighted by Crippen LogP contribution is -2.06. The second-order valence-corrected chi connectivity index (χ2v) is 7.22. The van der Waals surface area contributed by atoms with Crippen LogP contribution >= 0.6 is 23.4 Å². The zero-order chi connectivity index (χ0) is 16.7. The van der Waals surface area contributed by atoms with Crippen LogP contribution in [0.3, 0.4) is 0 Å². The van der Waals surface area contributed by atoms with Crippen LogP contribution in [0.5, 0.6) is 5.75 Å². The van der Waals surface area contributed by atoms with Gasteiger partial charge in [-0.25, -0.2) is 9.67 Å². The number of aromatic hydroxyl groups is 1. The van der Waals surface area contributed by atoms with E-state index in [1.54, 1.807) is 28.6 Å². The van der Waals surface area contributed by atoms with Gasteiger partial charge in [0.15, 0.2) is 5.82 Å². The van der Waals surface area contributed by atoms with E-state index in [2.05, 4.69) is 10.1 Å². The highest BCUT2D eigenvalue weighted by atomic mass is 35.5. The number of halogens is 1. The van der Waals surface area contributed by atoms with Gasteiger partial charge in [-0.1, -0.05) is 47.6 Å². The number of hydrogen-bond donors (Lipinski definition) is 1. The number of rotatable bonds is 2. The third kappa shape index (κ3) is 2.60. The quantitative estimate of drug-likeness (QED) is 0.694. The van der Waals surface area contributed by atoms with Crippen molar-refractivity contribution in [2.24, 2.45) is 4.99 Å². The van der Waals surface area contributed by atoms with Crippen LogP contribution in [-0.4, -0.2) is 19.9 Å². The van der Waals surface area contributed by atoms with E-state index >= 15 is 0 Å². The fraction of sp³-hybridized carbons (Fsp3) is 0.111. The molecular weight excluding hydrogens is 342 g/mol. The summed E-state index contributed by atoms with van der Waals surface area (Å²) in [6, 6.07) is 14.9. The Morgan fingerprint density at radius 3 is 2.79 bits per heavy atom. The van der Waals surface area contributed by atoms with Gasteiger partial charge in [-0.3, -0.25) is 0 Å². The molecule has 1 aliphatic rings. The van der Waals surface area contributed by atoms with Crippen molar-refractivity contribution in [1.29, 1.82) is 0 Å². The Labute approximate surface area is 148 Å². The predicted octanol–water partition coefficient (Wildman–Crippen LogP) is 5.12. The summed E-state index contributed by atoms with van der Waals surface area (Å²) < 4.78 is 1.77. The summed E-state index contributed by atoms with van der Waals surface area (Å²) in [5, 5.41) is 15.9. The molecule has 120 valence electrons. The van der Waals surface area contributed by atoms with Crippen LogP contribution in [0.4, 0.5) is 5.82 Å². The maximum Gasteiger partial charge on any atom is 0.161 e. The molecular formula is C18H14ClN3OS. The highest BCUT2D eigenvalue weighted by Crippen LogP contribution is 2.46. The Bertz CT molecular complexity index is 951. The molecule has 4 nitrogen and oxygen atoms in total. The van der Waals surface area contributed by atoms with E-state index in [1.165, 1.54) is 0 Å². The molecule has 1 aromatic heterocycles. The zero-order valence-electron chi connectivity index (χ0n) is 12.8. The van der Waals surface area contributed by atoms with E-state index in [-0.39, 0.29) is 11.0 Å². The first-order valence-electron chi connectivity index (χ1n) is 7.47. The van der Waals surface area contributed by atoms with Crippen LogP contribution in [0, 0.1) is 0 Å². The molecule has 3 aromatic rings. The van der Waals surface area contributed by atoms with Gasteiger partial charge in [-0.05, 0) is 36.8 Å². The van der Waals surface area contributed by atoms with Crippen LogP contribution in [0.25, 0.3) is 5.69 Å². The summed E-state index contributed by atoms with van der Waals surface area (Å²) in [6.45, 7) is 1.98. The maximum atomic E-state index is 9.80. The van der Waals surface area contributed by atoms with Crippen molar-refractivity contribution in [3.8, 4) is 11.4 Å². The monoisotopic (exact) mass is 355 g/mol. The molecule has 0 bridgehead atoms. The van der Waals surface area contributed by atoms with Crippen molar-refractivity contribution in [2.45, 2.75) is 12.2 Å². The van der Waals surface area contributed by atoms with Gasteiger partial charge in [-0.15, -0.1) is 0 Å². The first kappa shape index (κ1) is 15.3. The molecule has 0 spiro atoms. The average Bonchev–Trinajstić information content (AvgIpc) is 2.98. The summed E-state index contributed by atoms with van der Waals surface area (Å²) in [5.41, 5.74) is 2.84. The van der Waals surface area contributed by atoms with E-state index < -0.39 is 0 Å². The van der Waals surface area contributed by atoms with Crippen molar-refractivity contribution in [2.75, 3.05) is 0 Å². The first-order chi connectivity index (χ1) is 11.6. The SMILES string of the molecule is CC1=Nc2c(cnn2-c2ccccc2Cl)[C@H](c2cccc(O)c2)S1. The van der Waals surface area contributed by atoms with Crippen LogP contribution in [-0.2, 0) is 0 Å². The number of thioether (sulfide) groups is 1. The number of fused-ring (bicyclic) bond motifs is 1. The van der Waals surface area contributed by atoms with E-state index in [0.717, 1.165) is 27.7 Å². The Hall–Kier alpha value is -2.24. The Kier molecular flexibility index (Phi) is 3.82. The normalized spacial score (nSPS) is 16.6. The number of para-hydroxylation sites is 1. The molecule has 2 aromatic carbocycles. The summed E-state index contributed by atoms with van der Waals surface area (Å²) in [5.74, 6) is 1.04. The maximum absolute atomic E-state index is 9.80. The molecule has 0 amide bonds. The summed E-state index contributed by atoms with van der Waals surface area (Å²) >= 11 is 7.98. The minimum absolute atomic E-state index is 0.0424. The molecule has 6 heteroatoms. The third-order valence-electron chi connectivity index (χ3n) is 3.86. The Morgan fingerprint density at radius 1 is 1.17 bits per heavy atom. The Morgan fingerprint density at radius 2 is 2.00 bits per heavy atom. The van der Waals surface area contributed by atoms with Gasteiger partial charge in [0.25, 0.3) is 0 Å².